The van der Waals surface area contributed by atoms with Crippen LogP contribution in [-0.4, -0.2) is 0 Å². The van der Waals surface area contributed by atoms with Crippen molar-refractivity contribution in [3.63, 3.8) is 0 Å². The van der Waals surface area contributed by atoms with E-state index >= 15 is 0 Å². The van der Waals surface area contributed by atoms with E-state index in [-0.39, 0.29) is 0 Å². The second-order valence-electron chi connectivity index (χ2n) is 11.2. The minimum Gasteiger partial charge on any atom is -0.0616 e. The van der Waals surface area contributed by atoms with Gasteiger partial charge in [-0.1, -0.05) is 97.1 Å². The van der Waals surface area contributed by atoms with E-state index in [1.807, 2.05) is 0 Å². The summed E-state index contributed by atoms with van der Waals surface area (Å²) in [7, 11) is 0. The Morgan fingerprint density at radius 3 is 1.79 bits per heavy atom. The van der Waals surface area contributed by atoms with Gasteiger partial charge in [-0.05, 0) is 123 Å². The van der Waals surface area contributed by atoms with Crippen LogP contribution in [0, 0.1) is 0 Å². The molecule has 0 saturated carbocycles. The minimum absolute atomic E-state index is 1.01. The summed E-state index contributed by atoms with van der Waals surface area (Å²) < 4.78 is 0. The molecule has 8 aromatic rings. The molecule has 10 rings (SSSR count). The van der Waals surface area contributed by atoms with Gasteiger partial charge in [-0.3, -0.25) is 0 Å². The molecule has 0 bridgehead atoms. The molecule has 174 valence electrons. The Morgan fingerprint density at radius 2 is 0.974 bits per heavy atom. The topological polar surface area (TPSA) is 0 Å². The van der Waals surface area contributed by atoms with E-state index in [0.29, 0.717) is 0 Å². The first-order valence-electron chi connectivity index (χ1n) is 13.6. The Labute approximate surface area is 220 Å². The SMILES string of the molecule is c1ccc2cc3c(cc2c1)Cc1c2c(c4ccccc4c1-3)-c1cc3ccc4cccc5ccc(c1C2)c3c45. The van der Waals surface area contributed by atoms with Crippen LogP contribution in [0.4, 0.5) is 0 Å². The molecule has 0 aromatic heterocycles. The molecule has 0 nitrogen and oxygen atoms in total. The van der Waals surface area contributed by atoms with E-state index in [9.17, 15) is 0 Å². The summed E-state index contributed by atoms with van der Waals surface area (Å²) in [6.45, 7) is 0. The largest absolute Gasteiger partial charge is 0.0616 e. The van der Waals surface area contributed by atoms with E-state index in [1.54, 1.807) is 11.1 Å². The van der Waals surface area contributed by atoms with Gasteiger partial charge in [0.15, 0.2) is 0 Å². The summed E-state index contributed by atoms with van der Waals surface area (Å²) in [5.74, 6) is 0. The molecule has 8 aromatic carbocycles. The molecule has 0 unspecified atom stereocenters. The van der Waals surface area contributed by atoms with Gasteiger partial charge in [0.2, 0.25) is 0 Å². The van der Waals surface area contributed by atoms with Gasteiger partial charge in [0.25, 0.3) is 0 Å². The van der Waals surface area contributed by atoms with E-state index in [0.717, 1.165) is 12.8 Å². The Morgan fingerprint density at radius 1 is 0.368 bits per heavy atom. The van der Waals surface area contributed by atoms with Crippen LogP contribution < -0.4 is 0 Å². The van der Waals surface area contributed by atoms with Gasteiger partial charge in [0.1, 0.15) is 0 Å². The van der Waals surface area contributed by atoms with E-state index in [1.165, 1.54) is 87.2 Å². The van der Waals surface area contributed by atoms with Gasteiger partial charge in [-0.15, -0.1) is 0 Å². The highest BCUT2D eigenvalue weighted by atomic mass is 14.4. The van der Waals surface area contributed by atoms with E-state index in [4.69, 9.17) is 0 Å². The summed E-state index contributed by atoms with van der Waals surface area (Å²) >= 11 is 0. The third kappa shape index (κ3) is 2.24. The fourth-order valence-corrected chi connectivity index (χ4v) is 7.87. The molecule has 0 atom stereocenters. The van der Waals surface area contributed by atoms with Crippen molar-refractivity contribution in [3.05, 3.63) is 131 Å². The van der Waals surface area contributed by atoms with Crippen molar-refractivity contribution in [2.24, 2.45) is 0 Å². The third-order valence-corrected chi connectivity index (χ3v) is 9.42. The molecule has 0 heteroatoms. The van der Waals surface area contributed by atoms with Gasteiger partial charge in [-0.2, -0.15) is 0 Å². The molecule has 38 heavy (non-hydrogen) atoms. The third-order valence-electron chi connectivity index (χ3n) is 9.42. The predicted molar refractivity (Wildman–Crippen MR) is 162 cm³/mol. The van der Waals surface area contributed by atoms with Crippen molar-refractivity contribution in [3.8, 4) is 22.3 Å². The zero-order valence-corrected chi connectivity index (χ0v) is 20.8. The second kappa shape index (κ2) is 6.60. The smallest absolute Gasteiger partial charge is 0.000397 e. The molecule has 0 aliphatic heterocycles. The van der Waals surface area contributed by atoms with Crippen LogP contribution in [0.1, 0.15) is 22.3 Å². The van der Waals surface area contributed by atoms with Crippen LogP contribution in [0.5, 0.6) is 0 Å². The van der Waals surface area contributed by atoms with Gasteiger partial charge < -0.3 is 0 Å². The van der Waals surface area contributed by atoms with Crippen molar-refractivity contribution >= 4 is 53.9 Å². The van der Waals surface area contributed by atoms with Crippen LogP contribution in [0.15, 0.2) is 109 Å². The molecular weight excluding hydrogens is 456 g/mol. The predicted octanol–water partition coefficient (Wildman–Crippen LogP) is 10.0. The molecule has 0 saturated heterocycles. The lowest BCUT2D eigenvalue weighted by Crippen LogP contribution is -1.93. The number of hydrogen-bond donors (Lipinski definition) is 0. The quantitative estimate of drug-likeness (QED) is 0.190. The van der Waals surface area contributed by atoms with Crippen molar-refractivity contribution in [2.75, 3.05) is 0 Å². The minimum atomic E-state index is 1.01. The average Bonchev–Trinajstić information content (AvgIpc) is 3.53. The van der Waals surface area contributed by atoms with Gasteiger partial charge in [0.05, 0.1) is 0 Å². The summed E-state index contributed by atoms with van der Waals surface area (Å²) in [6.07, 6.45) is 2.04. The first-order chi connectivity index (χ1) is 18.8. The van der Waals surface area contributed by atoms with Crippen LogP contribution in [0.3, 0.4) is 0 Å². The number of fused-ring (bicyclic) bond motifs is 12. The van der Waals surface area contributed by atoms with Crippen molar-refractivity contribution in [2.45, 2.75) is 12.8 Å². The fraction of sp³-hybridized carbons (Fsp3) is 0.0526. The van der Waals surface area contributed by atoms with Crippen LogP contribution >= 0.6 is 0 Å². The molecule has 0 N–H and O–H groups in total. The normalized spacial score (nSPS) is 13.6. The number of rotatable bonds is 0. The summed E-state index contributed by atoms with van der Waals surface area (Å²) in [5, 5.41) is 13.8. The zero-order chi connectivity index (χ0) is 24.5. The van der Waals surface area contributed by atoms with Crippen molar-refractivity contribution in [1.29, 1.82) is 0 Å². The highest BCUT2D eigenvalue weighted by Crippen LogP contribution is 2.54. The maximum atomic E-state index is 2.49. The van der Waals surface area contributed by atoms with Crippen LogP contribution in [0.25, 0.3) is 76.1 Å². The highest BCUT2D eigenvalue weighted by Gasteiger charge is 2.32. The molecule has 0 fully saturated rings. The van der Waals surface area contributed by atoms with E-state index < -0.39 is 0 Å². The molecule has 0 amide bonds. The second-order valence-corrected chi connectivity index (χ2v) is 11.2. The summed E-state index contributed by atoms with van der Waals surface area (Å²) in [6, 6.07) is 41.3. The van der Waals surface area contributed by atoms with Crippen LogP contribution in [-0.2, 0) is 12.8 Å². The van der Waals surface area contributed by atoms with Gasteiger partial charge >= 0.3 is 0 Å². The molecule has 0 heterocycles. The monoisotopic (exact) mass is 478 g/mol. The van der Waals surface area contributed by atoms with Crippen molar-refractivity contribution < 1.29 is 0 Å². The molecule has 2 aliphatic rings. The zero-order valence-electron chi connectivity index (χ0n) is 20.8. The Kier molecular flexibility index (Phi) is 3.37. The number of benzene rings is 8. The molecule has 0 spiro atoms. The Bertz CT molecular complexity index is 2320. The Hall–Kier alpha value is -4.68. The summed E-state index contributed by atoms with van der Waals surface area (Å²) in [4.78, 5) is 0. The fourth-order valence-electron chi connectivity index (χ4n) is 7.87. The maximum Gasteiger partial charge on any atom is -0.000397 e. The molecule has 0 radical (unpaired) electrons. The lowest BCUT2D eigenvalue weighted by molar-refractivity contribution is 1.18. The lowest BCUT2D eigenvalue weighted by atomic mass is 9.88. The number of hydrogen-bond acceptors (Lipinski definition) is 0. The van der Waals surface area contributed by atoms with Crippen LogP contribution in [0.2, 0.25) is 0 Å². The standard InChI is InChI=1S/C38H22/c1-2-7-24-17-30-26(16-23(24)6-1)19-33-34-20-31-29-15-14-22-9-5-8-21-12-13-25(36(29)35(21)22)18-32(31)38(34)28-11-4-3-10-27(28)37(30)33/h1-18H,19-20H2. The van der Waals surface area contributed by atoms with Gasteiger partial charge in [0, 0.05) is 0 Å². The highest BCUT2D eigenvalue weighted by molar-refractivity contribution is 6.26. The lowest BCUT2D eigenvalue weighted by Gasteiger charge is -2.16. The van der Waals surface area contributed by atoms with Crippen molar-refractivity contribution in [1.82, 2.24) is 0 Å². The summed E-state index contributed by atoms with van der Waals surface area (Å²) in [5.41, 5.74) is 11.9. The van der Waals surface area contributed by atoms with Gasteiger partial charge in [-0.25, -0.2) is 0 Å². The Balaban J connectivity index is 1.33. The average molecular weight is 479 g/mol. The first kappa shape index (κ1) is 19.4. The maximum absolute atomic E-state index is 2.49. The van der Waals surface area contributed by atoms with E-state index in [2.05, 4.69) is 109 Å². The molecular formula is C38H22. The molecule has 2 aliphatic carbocycles. The first-order valence-corrected chi connectivity index (χ1v) is 13.6.